The summed E-state index contributed by atoms with van der Waals surface area (Å²) in [6, 6.07) is 10.2. The molecule has 1 N–H and O–H groups in total. The van der Waals surface area contributed by atoms with Gasteiger partial charge in [-0.15, -0.1) is 0 Å². The van der Waals surface area contributed by atoms with E-state index in [4.69, 9.17) is 0 Å². The molecule has 3 rings (SSSR count). The van der Waals surface area contributed by atoms with Gasteiger partial charge in [0.05, 0.1) is 0 Å². The van der Waals surface area contributed by atoms with Crippen LogP contribution in [0.15, 0.2) is 48.8 Å². The van der Waals surface area contributed by atoms with Gasteiger partial charge in [-0.2, -0.15) is 0 Å². The van der Waals surface area contributed by atoms with Crippen LogP contribution >= 0.6 is 0 Å². The zero-order chi connectivity index (χ0) is 17.8. The first kappa shape index (κ1) is 17.1. The van der Waals surface area contributed by atoms with Crippen molar-refractivity contribution in [3.05, 3.63) is 60.3 Å². The Labute approximate surface area is 146 Å². The lowest BCUT2D eigenvalue weighted by Gasteiger charge is -2.08. The number of fused-ring (bicyclic) bond motifs is 1. The van der Waals surface area contributed by atoms with Crippen LogP contribution in [0, 0.1) is 5.82 Å². The summed E-state index contributed by atoms with van der Waals surface area (Å²) >= 11 is 0. The minimum Gasteiger partial charge on any atom is -0.351 e. The first-order valence-corrected chi connectivity index (χ1v) is 8.21. The second-order valence-electron chi connectivity index (χ2n) is 6.20. The summed E-state index contributed by atoms with van der Waals surface area (Å²) in [5, 5.41) is 2.87. The van der Waals surface area contributed by atoms with Crippen LogP contribution in [0.4, 0.5) is 4.39 Å². The molecule has 0 fully saturated rings. The van der Waals surface area contributed by atoms with Gasteiger partial charge in [-0.05, 0) is 45.3 Å². The molecule has 0 aliphatic heterocycles. The number of amides is 1. The molecule has 2 aromatic heterocycles. The van der Waals surface area contributed by atoms with Gasteiger partial charge in [0.15, 0.2) is 0 Å². The van der Waals surface area contributed by atoms with Crippen LogP contribution in [0.25, 0.3) is 16.8 Å². The third kappa shape index (κ3) is 4.03. The third-order valence-corrected chi connectivity index (χ3v) is 3.94. The maximum absolute atomic E-state index is 13.9. The van der Waals surface area contributed by atoms with Crippen LogP contribution in [0.1, 0.15) is 16.9 Å². The number of pyridine rings is 1. The van der Waals surface area contributed by atoms with Gasteiger partial charge < -0.3 is 14.6 Å². The van der Waals surface area contributed by atoms with Crippen LogP contribution < -0.4 is 5.32 Å². The lowest BCUT2D eigenvalue weighted by atomic mass is 10.1. The second-order valence-corrected chi connectivity index (χ2v) is 6.20. The fourth-order valence-corrected chi connectivity index (χ4v) is 2.64. The highest BCUT2D eigenvalue weighted by Gasteiger charge is 2.11. The molecule has 0 atom stereocenters. The topological polar surface area (TPSA) is 49.6 Å². The molecule has 2 heterocycles. The van der Waals surface area contributed by atoms with E-state index in [9.17, 15) is 9.18 Å². The Hall–Kier alpha value is -2.73. The number of nitrogens with one attached hydrogen (secondary N) is 1. The summed E-state index contributed by atoms with van der Waals surface area (Å²) in [6.45, 7) is 1.52. The zero-order valence-electron chi connectivity index (χ0n) is 14.4. The summed E-state index contributed by atoms with van der Waals surface area (Å²) in [5.41, 5.74) is 2.27. The number of hydrogen-bond donors (Lipinski definition) is 1. The van der Waals surface area contributed by atoms with E-state index in [0.717, 1.165) is 18.5 Å². The van der Waals surface area contributed by atoms with Crippen molar-refractivity contribution in [3.8, 4) is 11.1 Å². The number of halogens is 1. The Morgan fingerprint density at radius 2 is 2.00 bits per heavy atom. The predicted molar refractivity (Wildman–Crippen MR) is 96.1 cm³/mol. The molecular weight excluding hydrogens is 319 g/mol. The molecule has 0 aliphatic rings. The standard InChI is InChI=1S/C19H21FN4O/c1-23(2)11-5-10-21-19(25)17-13-24-12-14(8-9-18(24)22-17)15-6-3-4-7-16(15)20/h3-4,6-9,12-13H,5,10-11H2,1-2H3,(H,21,25). The van der Waals surface area contributed by atoms with Crippen molar-refractivity contribution in [3.63, 3.8) is 0 Å². The van der Waals surface area contributed by atoms with Gasteiger partial charge in [0, 0.05) is 30.1 Å². The Kier molecular flexibility index (Phi) is 5.09. The van der Waals surface area contributed by atoms with E-state index in [2.05, 4.69) is 15.2 Å². The van der Waals surface area contributed by atoms with E-state index >= 15 is 0 Å². The van der Waals surface area contributed by atoms with E-state index in [1.807, 2.05) is 14.1 Å². The molecule has 0 unspecified atom stereocenters. The normalized spacial score (nSPS) is 11.2. The number of rotatable bonds is 6. The molecule has 0 spiro atoms. The van der Waals surface area contributed by atoms with Crippen LogP contribution in [0.2, 0.25) is 0 Å². The summed E-state index contributed by atoms with van der Waals surface area (Å²) in [4.78, 5) is 18.6. The number of imidazole rings is 1. The lowest BCUT2D eigenvalue weighted by Crippen LogP contribution is -2.27. The number of aromatic nitrogens is 2. The molecule has 130 valence electrons. The summed E-state index contributed by atoms with van der Waals surface area (Å²) in [7, 11) is 3.99. The average Bonchev–Trinajstić information content (AvgIpc) is 3.02. The number of hydrogen-bond acceptors (Lipinski definition) is 3. The average molecular weight is 340 g/mol. The Morgan fingerprint density at radius 1 is 1.20 bits per heavy atom. The molecule has 25 heavy (non-hydrogen) atoms. The van der Waals surface area contributed by atoms with Crippen molar-refractivity contribution in [2.75, 3.05) is 27.2 Å². The molecule has 0 radical (unpaired) electrons. The molecule has 0 aliphatic carbocycles. The molecule has 0 saturated heterocycles. The van der Waals surface area contributed by atoms with Crippen molar-refractivity contribution >= 4 is 11.6 Å². The van der Waals surface area contributed by atoms with E-state index < -0.39 is 0 Å². The fourth-order valence-electron chi connectivity index (χ4n) is 2.64. The second kappa shape index (κ2) is 7.44. The highest BCUT2D eigenvalue weighted by Crippen LogP contribution is 2.23. The van der Waals surface area contributed by atoms with Crippen molar-refractivity contribution in [1.82, 2.24) is 19.6 Å². The zero-order valence-corrected chi connectivity index (χ0v) is 14.4. The van der Waals surface area contributed by atoms with Gasteiger partial charge in [0.25, 0.3) is 5.91 Å². The summed E-state index contributed by atoms with van der Waals surface area (Å²) in [6.07, 6.45) is 4.33. The molecular formula is C19H21FN4O. The maximum Gasteiger partial charge on any atom is 0.271 e. The van der Waals surface area contributed by atoms with E-state index in [1.165, 1.54) is 6.07 Å². The monoisotopic (exact) mass is 340 g/mol. The Bertz CT molecular complexity index is 888. The lowest BCUT2D eigenvalue weighted by molar-refractivity contribution is 0.0948. The predicted octanol–water partition coefficient (Wildman–Crippen LogP) is 2.82. The van der Waals surface area contributed by atoms with Gasteiger partial charge in [-0.1, -0.05) is 18.2 Å². The first-order valence-electron chi connectivity index (χ1n) is 8.21. The summed E-state index contributed by atoms with van der Waals surface area (Å²) in [5.74, 6) is -0.476. The highest BCUT2D eigenvalue weighted by atomic mass is 19.1. The molecule has 0 bridgehead atoms. The Balaban J connectivity index is 1.76. The molecule has 1 amide bonds. The van der Waals surface area contributed by atoms with Crippen LogP contribution in [0.3, 0.4) is 0 Å². The summed E-state index contributed by atoms with van der Waals surface area (Å²) < 4.78 is 15.7. The van der Waals surface area contributed by atoms with E-state index in [-0.39, 0.29) is 11.7 Å². The number of carbonyl (C=O) groups excluding carboxylic acids is 1. The largest absolute Gasteiger partial charge is 0.351 e. The molecule has 1 aromatic carbocycles. The van der Waals surface area contributed by atoms with Crippen LogP contribution in [-0.2, 0) is 0 Å². The highest BCUT2D eigenvalue weighted by molar-refractivity contribution is 5.92. The molecule has 0 saturated carbocycles. The smallest absolute Gasteiger partial charge is 0.271 e. The number of nitrogens with zero attached hydrogens (tertiary/aromatic N) is 3. The number of carbonyl (C=O) groups is 1. The SMILES string of the molecule is CN(C)CCCNC(=O)c1cn2cc(-c3ccccc3F)ccc2n1. The van der Waals surface area contributed by atoms with Crippen molar-refractivity contribution < 1.29 is 9.18 Å². The molecule has 3 aromatic rings. The van der Waals surface area contributed by atoms with Crippen LogP contribution in [0.5, 0.6) is 0 Å². The maximum atomic E-state index is 13.9. The van der Waals surface area contributed by atoms with Crippen molar-refractivity contribution in [2.45, 2.75) is 6.42 Å². The van der Waals surface area contributed by atoms with Gasteiger partial charge in [0.1, 0.15) is 17.2 Å². The van der Waals surface area contributed by atoms with E-state index in [0.29, 0.717) is 23.4 Å². The fraction of sp³-hybridized carbons (Fsp3) is 0.263. The van der Waals surface area contributed by atoms with Gasteiger partial charge >= 0.3 is 0 Å². The van der Waals surface area contributed by atoms with Crippen LogP contribution in [-0.4, -0.2) is 47.4 Å². The van der Waals surface area contributed by atoms with Crippen molar-refractivity contribution in [1.29, 1.82) is 0 Å². The Morgan fingerprint density at radius 3 is 2.76 bits per heavy atom. The first-order chi connectivity index (χ1) is 12.0. The third-order valence-electron chi connectivity index (χ3n) is 3.94. The van der Waals surface area contributed by atoms with Gasteiger partial charge in [0.2, 0.25) is 0 Å². The number of benzene rings is 1. The van der Waals surface area contributed by atoms with Gasteiger partial charge in [-0.3, -0.25) is 4.79 Å². The minimum absolute atomic E-state index is 0.199. The molecule has 6 heteroatoms. The van der Waals surface area contributed by atoms with Gasteiger partial charge in [-0.25, -0.2) is 9.37 Å². The quantitative estimate of drug-likeness (QED) is 0.702. The van der Waals surface area contributed by atoms with E-state index in [1.54, 1.807) is 47.1 Å². The molecule has 5 nitrogen and oxygen atoms in total. The minimum atomic E-state index is -0.277. The van der Waals surface area contributed by atoms with Crippen molar-refractivity contribution in [2.24, 2.45) is 0 Å².